The van der Waals surface area contributed by atoms with Gasteiger partial charge in [0.25, 0.3) is 11.8 Å². The molecule has 1 fully saturated rings. The van der Waals surface area contributed by atoms with Gasteiger partial charge in [-0.1, -0.05) is 12.1 Å². The quantitative estimate of drug-likeness (QED) is 0.780. The van der Waals surface area contributed by atoms with Gasteiger partial charge in [0.1, 0.15) is 0 Å². The molecular formula is C17H20ClN3O2S. The topological polar surface area (TPSA) is 70.2 Å². The van der Waals surface area contributed by atoms with E-state index in [1.807, 2.05) is 11.4 Å². The molecule has 0 radical (unpaired) electrons. The van der Waals surface area contributed by atoms with Gasteiger partial charge >= 0.3 is 0 Å². The zero-order valence-corrected chi connectivity index (χ0v) is 14.7. The van der Waals surface area contributed by atoms with Gasteiger partial charge in [-0.25, -0.2) is 0 Å². The van der Waals surface area contributed by atoms with Crippen LogP contribution in [0.3, 0.4) is 0 Å². The molecule has 2 amide bonds. The molecule has 2 heterocycles. The van der Waals surface area contributed by atoms with Gasteiger partial charge in [-0.2, -0.15) is 0 Å². The molecule has 0 atom stereocenters. The highest BCUT2D eigenvalue weighted by Gasteiger charge is 2.16. The smallest absolute Gasteiger partial charge is 0.265 e. The predicted molar refractivity (Wildman–Crippen MR) is 99.3 cm³/mol. The molecule has 3 rings (SSSR count). The molecule has 2 aromatic rings. The van der Waals surface area contributed by atoms with E-state index in [4.69, 9.17) is 0 Å². The van der Waals surface area contributed by atoms with Gasteiger partial charge in [0.05, 0.1) is 4.88 Å². The number of halogens is 1. The number of benzene rings is 1. The summed E-state index contributed by atoms with van der Waals surface area (Å²) in [6.45, 7) is 1.86. The van der Waals surface area contributed by atoms with E-state index < -0.39 is 0 Å². The van der Waals surface area contributed by atoms with E-state index >= 15 is 0 Å². The minimum absolute atomic E-state index is 0. The Labute approximate surface area is 151 Å². The first kappa shape index (κ1) is 18.4. The average Bonchev–Trinajstić information content (AvgIpc) is 3.11. The standard InChI is InChI=1S/C17H19N3O2S.ClH/c21-16(19-13-6-8-18-9-7-13)12-3-1-4-14(11-12)20-17(22)15-5-2-10-23-15;/h1-5,10-11,13,18H,6-9H2,(H,19,21)(H,20,22);1H. The maximum Gasteiger partial charge on any atom is 0.265 e. The summed E-state index contributed by atoms with van der Waals surface area (Å²) in [7, 11) is 0. The van der Waals surface area contributed by atoms with E-state index in [0.717, 1.165) is 25.9 Å². The Balaban J connectivity index is 0.00000208. The Bertz CT molecular complexity index is 685. The summed E-state index contributed by atoms with van der Waals surface area (Å²) in [5.74, 6) is -0.250. The Kier molecular flexibility index (Phi) is 6.78. The lowest BCUT2D eigenvalue weighted by Gasteiger charge is -2.23. The Hall–Kier alpha value is -1.89. The highest BCUT2D eigenvalue weighted by molar-refractivity contribution is 7.12. The number of carbonyl (C=O) groups excluding carboxylic acids is 2. The van der Waals surface area contributed by atoms with E-state index in [9.17, 15) is 9.59 Å². The second-order valence-electron chi connectivity index (χ2n) is 5.51. The fourth-order valence-electron chi connectivity index (χ4n) is 2.57. The van der Waals surface area contributed by atoms with Crippen LogP contribution in [0.2, 0.25) is 0 Å². The first-order valence-corrected chi connectivity index (χ1v) is 8.57. The minimum atomic E-state index is -0.157. The van der Waals surface area contributed by atoms with Crippen LogP contribution in [0.5, 0.6) is 0 Å². The summed E-state index contributed by atoms with van der Waals surface area (Å²) < 4.78 is 0. The van der Waals surface area contributed by atoms with Gasteiger partial charge < -0.3 is 16.0 Å². The number of thiophene rings is 1. The Morgan fingerprint density at radius 3 is 2.58 bits per heavy atom. The number of hydrogen-bond donors (Lipinski definition) is 3. The summed E-state index contributed by atoms with van der Waals surface area (Å²) in [5, 5.41) is 11.0. The molecule has 1 aliphatic heterocycles. The van der Waals surface area contributed by atoms with Crippen LogP contribution in [0.15, 0.2) is 41.8 Å². The van der Waals surface area contributed by atoms with E-state index in [0.29, 0.717) is 16.1 Å². The van der Waals surface area contributed by atoms with Crippen LogP contribution in [0.25, 0.3) is 0 Å². The van der Waals surface area contributed by atoms with Crippen LogP contribution >= 0.6 is 23.7 Å². The summed E-state index contributed by atoms with van der Waals surface area (Å²) >= 11 is 1.39. The fraction of sp³-hybridized carbons (Fsp3) is 0.294. The summed E-state index contributed by atoms with van der Waals surface area (Å²) in [4.78, 5) is 25.1. The van der Waals surface area contributed by atoms with Gasteiger partial charge in [-0.15, -0.1) is 23.7 Å². The Morgan fingerprint density at radius 1 is 1.08 bits per heavy atom. The molecular weight excluding hydrogens is 346 g/mol. The van der Waals surface area contributed by atoms with Crippen LogP contribution in [0, 0.1) is 0 Å². The lowest BCUT2D eigenvalue weighted by atomic mass is 10.1. The second kappa shape index (κ2) is 8.82. The molecule has 3 N–H and O–H groups in total. The molecule has 1 saturated heterocycles. The van der Waals surface area contributed by atoms with Gasteiger partial charge in [0, 0.05) is 17.3 Å². The lowest BCUT2D eigenvalue weighted by Crippen LogP contribution is -2.42. The number of amides is 2. The van der Waals surface area contributed by atoms with Crippen LogP contribution in [-0.2, 0) is 0 Å². The van der Waals surface area contributed by atoms with Gasteiger partial charge in [0.15, 0.2) is 0 Å². The second-order valence-corrected chi connectivity index (χ2v) is 6.46. The zero-order chi connectivity index (χ0) is 16.1. The number of hydrogen-bond acceptors (Lipinski definition) is 4. The number of piperidine rings is 1. The zero-order valence-electron chi connectivity index (χ0n) is 13.1. The van der Waals surface area contributed by atoms with Crippen LogP contribution in [0.1, 0.15) is 32.9 Å². The number of carbonyl (C=O) groups is 2. The van der Waals surface area contributed by atoms with Crippen molar-refractivity contribution >= 4 is 41.2 Å². The average molecular weight is 366 g/mol. The van der Waals surface area contributed by atoms with Gasteiger partial charge in [-0.05, 0) is 55.6 Å². The van der Waals surface area contributed by atoms with Crippen molar-refractivity contribution in [3.05, 3.63) is 52.2 Å². The number of anilines is 1. The molecule has 0 aliphatic carbocycles. The molecule has 5 nitrogen and oxygen atoms in total. The molecule has 0 spiro atoms. The normalized spacial score (nSPS) is 14.5. The molecule has 0 unspecified atom stereocenters. The number of rotatable bonds is 4. The first-order valence-electron chi connectivity index (χ1n) is 7.69. The predicted octanol–water partition coefficient (Wildman–Crippen LogP) is 2.90. The third kappa shape index (κ3) is 4.80. The van der Waals surface area contributed by atoms with Crippen molar-refractivity contribution in [2.45, 2.75) is 18.9 Å². The van der Waals surface area contributed by atoms with E-state index in [-0.39, 0.29) is 30.3 Å². The van der Waals surface area contributed by atoms with E-state index in [1.165, 1.54) is 11.3 Å². The van der Waals surface area contributed by atoms with Crippen molar-refractivity contribution in [3.8, 4) is 0 Å². The fourth-order valence-corrected chi connectivity index (χ4v) is 3.19. The summed E-state index contributed by atoms with van der Waals surface area (Å²) in [6, 6.07) is 10.9. The molecule has 24 heavy (non-hydrogen) atoms. The first-order chi connectivity index (χ1) is 11.2. The van der Waals surface area contributed by atoms with Crippen LogP contribution in [0.4, 0.5) is 5.69 Å². The molecule has 1 aromatic heterocycles. The van der Waals surface area contributed by atoms with Crippen molar-refractivity contribution < 1.29 is 9.59 Å². The van der Waals surface area contributed by atoms with Gasteiger partial charge in [0.2, 0.25) is 0 Å². The van der Waals surface area contributed by atoms with Crippen molar-refractivity contribution in [2.75, 3.05) is 18.4 Å². The lowest BCUT2D eigenvalue weighted by molar-refractivity contribution is 0.0928. The molecule has 0 bridgehead atoms. The third-order valence-electron chi connectivity index (χ3n) is 3.80. The maximum atomic E-state index is 12.3. The van der Waals surface area contributed by atoms with Crippen molar-refractivity contribution in [3.63, 3.8) is 0 Å². The van der Waals surface area contributed by atoms with Crippen molar-refractivity contribution in [1.29, 1.82) is 0 Å². The van der Waals surface area contributed by atoms with E-state index in [2.05, 4.69) is 16.0 Å². The number of nitrogens with one attached hydrogen (secondary N) is 3. The van der Waals surface area contributed by atoms with Crippen molar-refractivity contribution in [2.24, 2.45) is 0 Å². The highest BCUT2D eigenvalue weighted by Crippen LogP contribution is 2.15. The van der Waals surface area contributed by atoms with Gasteiger partial charge in [-0.3, -0.25) is 9.59 Å². The Morgan fingerprint density at radius 2 is 1.88 bits per heavy atom. The molecule has 7 heteroatoms. The highest BCUT2D eigenvalue weighted by atomic mass is 35.5. The summed E-state index contributed by atoms with van der Waals surface area (Å²) in [5.41, 5.74) is 1.19. The van der Waals surface area contributed by atoms with Crippen LogP contribution < -0.4 is 16.0 Å². The maximum absolute atomic E-state index is 12.3. The SMILES string of the molecule is Cl.O=C(NC1CCNCC1)c1cccc(NC(=O)c2cccs2)c1. The minimum Gasteiger partial charge on any atom is -0.349 e. The summed E-state index contributed by atoms with van der Waals surface area (Å²) in [6.07, 6.45) is 1.89. The largest absolute Gasteiger partial charge is 0.349 e. The van der Waals surface area contributed by atoms with Crippen molar-refractivity contribution in [1.82, 2.24) is 10.6 Å². The molecule has 0 saturated carbocycles. The molecule has 128 valence electrons. The molecule has 1 aromatic carbocycles. The monoisotopic (exact) mass is 365 g/mol. The van der Waals surface area contributed by atoms with E-state index in [1.54, 1.807) is 30.3 Å². The third-order valence-corrected chi connectivity index (χ3v) is 4.67. The molecule has 1 aliphatic rings. The van der Waals surface area contributed by atoms with Crippen LogP contribution in [-0.4, -0.2) is 30.9 Å².